The van der Waals surface area contributed by atoms with Gasteiger partial charge < -0.3 is 10.2 Å². The van der Waals surface area contributed by atoms with Crippen LogP contribution in [0.2, 0.25) is 15.1 Å². The molecule has 3 rings (SSSR count). The zero-order valence-corrected chi connectivity index (χ0v) is 17.0. The Morgan fingerprint density at radius 2 is 1.86 bits per heavy atom. The van der Waals surface area contributed by atoms with E-state index in [4.69, 9.17) is 34.8 Å². The largest absolute Gasteiger partial charge is 0.332 e. The molecule has 6 nitrogen and oxygen atoms in total. The van der Waals surface area contributed by atoms with Gasteiger partial charge in [-0.05, 0) is 36.4 Å². The van der Waals surface area contributed by atoms with Gasteiger partial charge in [0, 0.05) is 29.0 Å². The van der Waals surface area contributed by atoms with Crippen LogP contribution in [0.15, 0.2) is 54.9 Å². The number of anilines is 1. The number of hydrogen-bond acceptors (Lipinski definition) is 3. The molecule has 9 heteroatoms. The molecule has 0 atom stereocenters. The van der Waals surface area contributed by atoms with Crippen LogP contribution in [0.5, 0.6) is 0 Å². The highest BCUT2D eigenvalue weighted by Crippen LogP contribution is 2.24. The Hall–Kier alpha value is -2.54. The number of benzene rings is 2. The van der Waals surface area contributed by atoms with Crippen molar-refractivity contribution in [2.75, 3.05) is 18.9 Å². The summed E-state index contributed by atoms with van der Waals surface area (Å²) in [7, 11) is 1.53. The number of rotatable bonds is 5. The first-order valence-electron chi connectivity index (χ1n) is 8.14. The molecular formula is C19H15Cl3N4O2. The minimum atomic E-state index is -0.349. The standard InChI is InChI=1S/C19H15Cl3N4O2/c1-25(11-18(27)24-15-4-2-3-13(20)7-15)19(28)12-9-23-26(10-12)17-6-5-14(21)8-16(17)22/h2-10H,11H2,1H3,(H,24,27). The molecule has 0 fully saturated rings. The predicted molar refractivity (Wildman–Crippen MR) is 111 cm³/mol. The van der Waals surface area contributed by atoms with E-state index < -0.39 is 0 Å². The van der Waals surface area contributed by atoms with Crippen LogP contribution in [-0.4, -0.2) is 40.1 Å². The number of carbonyl (C=O) groups is 2. The molecule has 0 saturated carbocycles. The van der Waals surface area contributed by atoms with E-state index in [1.165, 1.54) is 22.8 Å². The highest BCUT2D eigenvalue weighted by atomic mass is 35.5. The van der Waals surface area contributed by atoms with Crippen LogP contribution in [0.3, 0.4) is 0 Å². The van der Waals surface area contributed by atoms with Crippen molar-refractivity contribution in [3.8, 4) is 5.69 Å². The molecule has 0 saturated heterocycles. The second-order valence-electron chi connectivity index (χ2n) is 5.99. The lowest BCUT2D eigenvalue weighted by Crippen LogP contribution is -2.34. The van der Waals surface area contributed by atoms with Crippen LogP contribution < -0.4 is 5.32 Å². The van der Waals surface area contributed by atoms with Gasteiger partial charge in [-0.2, -0.15) is 5.10 Å². The predicted octanol–water partition coefficient (Wildman–Crippen LogP) is 4.54. The molecule has 1 aromatic heterocycles. The van der Waals surface area contributed by atoms with Crippen LogP contribution in [0.25, 0.3) is 5.69 Å². The number of amides is 2. The third-order valence-corrected chi connectivity index (χ3v) is 4.59. The topological polar surface area (TPSA) is 67.2 Å². The summed E-state index contributed by atoms with van der Waals surface area (Å²) in [6.07, 6.45) is 2.96. The lowest BCUT2D eigenvalue weighted by Gasteiger charge is -2.16. The van der Waals surface area contributed by atoms with Crippen LogP contribution in [0, 0.1) is 0 Å². The van der Waals surface area contributed by atoms with Gasteiger partial charge in [0.1, 0.15) is 0 Å². The minimum absolute atomic E-state index is 0.127. The third kappa shape index (κ3) is 4.84. The van der Waals surface area contributed by atoms with Crippen LogP contribution in [0.1, 0.15) is 10.4 Å². The van der Waals surface area contributed by atoms with Gasteiger partial charge in [0.2, 0.25) is 5.91 Å². The fourth-order valence-electron chi connectivity index (χ4n) is 2.51. The highest BCUT2D eigenvalue weighted by Gasteiger charge is 2.18. The molecule has 1 heterocycles. The van der Waals surface area contributed by atoms with Crippen molar-refractivity contribution in [3.63, 3.8) is 0 Å². The molecule has 0 aliphatic rings. The number of hydrogen-bond donors (Lipinski definition) is 1. The van der Waals surface area contributed by atoms with Crippen LogP contribution in [0.4, 0.5) is 5.69 Å². The van der Waals surface area contributed by atoms with Crippen molar-refractivity contribution in [1.29, 1.82) is 0 Å². The summed E-state index contributed by atoms with van der Waals surface area (Å²) >= 11 is 18.0. The van der Waals surface area contributed by atoms with Gasteiger partial charge >= 0.3 is 0 Å². The maximum absolute atomic E-state index is 12.6. The average Bonchev–Trinajstić information content (AvgIpc) is 3.10. The second kappa shape index (κ2) is 8.65. The first kappa shape index (κ1) is 20.2. The van der Waals surface area contributed by atoms with E-state index in [1.54, 1.807) is 48.7 Å². The van der Waals surface area contributed by atoms with Gasteiger partial charge in [0.05, 0.1) is 29.0 Å². The number of likely N-dealkylation sites (N-methyl/N-ethyl adjacent to an activating group) is 1. The Morgan fingerprint density at radius 1 is 1.11 bits per heavy atom. The number of halogens is 3. The Labute approximate surface area is 176 Å². The Bertz CT molecular complexity index is 1040. The van der Waals surface area contributed by atoms with E-state index in [0.717, 1.165) is 0 Å². The maximum Gasteiger partial charge on any atom is 0.257 e. The van der Waals surface area contributed by atoms with E-state index in [9.17, 15) is 9.59 Å². The SMILES string of the molecule is CN(CC(=O)Nc1cccc(Cl)c1)C(=O)c1cnn(-c2ccc(Cl)cc2Cl)c1. The smallest absolute Gasteiger partial charge is 0.257 e. The van der Waals surface area contributed by atoms with Gasteiger partial charge in [0.25, 0.3) is 5.91 Å². The molecule has 3 aromatic rings. The first-order valence-corrected chi connectivity index (χ1v) is 9.28. The van der Waals surface area contributed by atoms with Gasteiger partial charge in [-0.3, -0.25) is 9.59 Å². The van der Waals surface area contributed by atoms with E-state index in [0.29, 0.717) is 32.0 Å². The lowest BCUT2D eigenvalue weighted by molar-refractivity contribution is -0.116. The molecular weight excluding hydrogens is 423 g/mol. The van der Waals surface area contributed by atoms with Crippen LogP contribution >= 0.6 is 34.8 Å². The molecule has 2 aromatic carbocycles. The Balaban J connectivity index is 1.66. The van der Waals surface area contributed by atoms with Gasteiger partial charge in [-0.25, -0.2) is 4.68 Å². The third-order valence-electron chi connectivity index (χ3n) is 3.82. The fraction of sp³-hybridized carbons (Fsp3) is 0.105. The molecule has 2 amide bonds. The molecule has 0 spiro atoms. The van der Waals surface area contributed by atoms with E-state index in [1.807, 2.05) is 0 Å². The van der Waals surface area contributed by atoms with Crippen molar-refractivity contribution in [1.82, 2.24) is 14.7 Å². The van der Waals surface area contributed by atoms with Crippen LogP contribution in [-0.2, 0) is 4.79 Å². The lowest BCUT2D eigenvalue weighted by atomic mass is 10.3. The Kier molecular flexibility index (Phi) is 6.24. The summed E-state index contributed by atoms with van der Waals surface area (Å²) in [6, 6.07) is 11.7. The summed E-state index contributed by atoms with van der Waals surface area (Å²) < 4.78 is 1.48. The molecule has 0 aliphatic heterocycles. The number of nitrogens with zero attached hydrogens (tertiary/aromatic N) is 3. The average molecular weight is 438 g/mol. The van der Waals surface area contributed by atoms with E-state index in [-0.39, 0.29) is 18.4 Å². The highest BCUT2D eigenvalue weighted by molar-refractivity contribution is 6.35. The second-order valence-corrected chi connectivity index (χ2v) is 7.27. The van der Waals surface area contributed by atoms with Crippen molar-refractivity contribution >= 4 is 52.3 Å². The molecule has 0 bridgehead atoms. The molecule has 0 unspecified atom stereocenters. The quantitative estimate of drug-likeness (QED) is 0.637. The summed E-state index contributed by atoms with van der Waals surface area (Å²) in [4.78, 5) is 26.1. The molecule has 1 N–H and O–H groups in total. The summed E-state index contributed by atoms with van der Waals surface area (Å²) in [5, 5.41) is 8.28. The summed E-state index contributed by atoms with van der Waals surface area (Å²) in [5.41, 5.74) is 1.47. The minimum Gasteiger partial charge on any atom is -0.332 e. The van der Waals surface area contributed by atoms with Gasteiger partial charge in [-0.15, -0.1) is 0 Å². The zero-order valence-electron chi connectivity index (χ0n) is 14.7. The van der Waals surface area contributed by atoms with Crippen molar-refractivity contribution in [2.45, 2.75) is 0 Å². The number of aromatic nitrogens is 2. The van der Waals surface area contributed by atoms with E-state index >= 15 is 0 Å². The zero-order chi connectivity index (χ0) is 20.3. The van der Waals surface area contributed by atoms with Gasteiger partial charge in [-0.1, -0.05) is 40.9 Å². The number of carbonyl (C=O) groups excluding carboxylic acids is 2. The normalized spacial score (nSPS) is 10.6. The monoisotopic (exact) mass is 436 g/mol. The summed E-state index contributed by atoms with van der Waals surface area (Å²) in [6.45, 7) is -0.127. The molecule has 0 radical (unpaired) electrons. The maximum atomic E-state index is 12.6. The van der Waals surface area contributed by atoms with E-state index in [2.05, 4.69) is 10.4 Å². The molecule has 28 heavy (non-hydrogen) atoms. The molecule has 144 valence electrons. The molecule has 0 aliphatic carbocycles. The number of nitrogens with one attached hydrogen (secondary N) is 1. The fourth-order valence-corrected chi connectivity index (χ4v) is 3.19. The van der Waals surface area contributed by atoms with Crippen molar-refractivity contribution in [2.24, 2.45) is 0 Å². The van der Waals surface area contributed by atoms with Gasteiger partial charge in [0.15, 0.2) is 0 Å². The summed E-state index contributed by atoms with van der Waals surface area (Å²) in [5.74, 6) is -0.691. The first-order chi connectivity index (χ1) is 13.3. The van der Waals surface area contributed by atoms with Crippen molar-refractivity contribution in [3.05, 3.63) is 75.5 Å². The Morgan fingerprint density at radius 3 is 2.57 bits per heavy atom. The van der Waals surface area contributed by atoms with Crippen molar-refractivity contribution < 1.29 is 9.59 Å².